The topological polar surface area (TPSA) is 65.2 Å². The number of rotatable bonds is 2. The van der Waals surface area contributed by atoms with Gasteiger partial charge in [-0.15, -0.1) is 0 Å². The van der Waals surface area contributed by atoms with E-state index in [1.165, 1.54) is 0 Å². The number of aryl methyl sites for hydroxylation is 3. The Labute approximate surface area is 123 Å². The lowest BCUT2D eigenvalue weighted by atomic mass is 10.2. The van der Waals surface area contributed by atoms with Gasteiger partial charge in [0.05, 0.1) is 18.8 Å². The first-order valence-electron chi connectivity index (χ1n) is 6.94. The number of hydrogen-bond donors (Lipinski definition) is 0. The number of carbonyl (C=O) groups excluding carboxylic acids is 1. The Bertz CT molecular complexity index is 660. The maximum Gasteiger partial charge on any atom is 0.290 e. The lowest BCUT2D eigenvalue weighted by Gasteiger charge is -2.32. The van der Waals surface area contributed by atoms with Crippen molar-refractivity contribution in [1.82, 2.24) is 24.0 Å². The van der Waals surface area contributed by atoms with Crippen molar-refractivity contribution in [2.75, 3.05) is 19.7 Å². The van der Waals surface area contributed by atoms with Gasteiger partial charge >= 0.3 is 0 Å². The van der Waals surface area contributed by atoms with Crippen LogP contribution in [0.25, 0.3) is 0 Å². The van der Waals surface area contributed by atoms with Crippen LogP contribution >= 0.6 is 0 Å². The third kappa shape index (κ3) is 2.56. The number of carbonyl (C=O) groups is 1. The van der Waals surface area contributed by atoms with Crippen molar-refractivity contribution in [1.29, 1.82) is 0 Å². The highest BCUT2D eigenvalue weighted by Crippen LogP contribution is 2.22. The van der Waals surface area contributed by atoms with Crippen molar-refractivity contribution < 1.29 is 9.53 Å². The minimum Gasteiger partial charge on any atom is -0.367 e. The molecule has 0 N–H and O–H groups in total. The molecule has 1 aliphatic heterocycles. The fraction of sp³-hybridized carbons (Fsp3) is 0.500. The quantitative estimate of drug-likeness (QED) is 0.815. The number of ether oxygens (including phenoxy) is 1. The van der Waals surface area contributed by atoms with Gasteiger partial charge in [-0.2, -0.15) is 0 Å². The van der Waals surface area contributed by atoms with Gasteiger partial charge in [0.1, 0.15) is 11.9 Å². The average Bonchev–Trinajstić information content (AvgIpc) is 3.03. The third-order valence-corrected chi connectivity index (χ3v) is 3.69. The fourth-order valence-corrected chi connectivity index (χ4v) is 2.64. The molecule has 7 nitrogen and oxygen atoms in total. The van der Waals surface area contributed by atoms with Gasteiger partial charge in [0.15, 0.2) is 5.82 Å². The molecule has 0 radical (unpaired) electrons. The summed E-state index contributed by atoms with van der Waals surface area (Å²) in [4.78, 5) is 22.9. The minimum atomic E-state index is -0.193. The highest BCUT2D eigenvalue weighted by molar-refractivity contribution is 5.90. The van der Waals surface area contributed by atoms with Gasteiger partial charge in [-0.1, -0.05) is 0 Å². The average molecular weight is 289 g/mol. The number of hydrogen-bond acceptors (Lipinski definition) is 4. The zero-order chi connectivity index (χ0) is 15.0. The minimum absolute atomic E-state index is 0.0678. The number of imidazole rings is 2. The number of amides is 1. The summed E-state index contributed by atoms with van der Waals surface area (Å²) in [7, 11) is 3.76. The molecular weight excluding hydrogens is 270 g/mol. The van der Waals surface area contributed by atoms with Crippen LogP contribution in [0.1, 0.15) is 28.2 Å². The highest BCUT2D eigenvalue weighted by atomic mass is 16.5. The van der Waals surface area contributed by atoms with Gasteiger partial charge < -0.3 is 18.8 Å². The summed E-state index contributed by atoms with van der Waals surface area (Å²) in [5.74, 6) is 1.23. The molecule has 0 aromatic carbocycles. The largest absolute Gasteiger partial charge is 0.367 e. The molecule has 21 heavy (non-hydrogen) atoms. The van der Waals surface area contributed by atoms with E-state index in [1.54, 1.807) is 21.9 Å². The molecule has 7 heteroatoms. The van der Waals surface area contributed by atoms with Crippen LogP contribution in [-0.4, -0.2) is 49.6 Å². The molecule has 0 saturated carbocycles. The van der Waals surface area contributed by atoms with E-state index in [0.717, 1.165) is 11.5 Å². The summed E-state index contributed by atoms with van der Waals surface area (Å²) in [5.41, 5.74) is 0.948. The van der Waals surface area contributed by atoms with Gasteiger partial charge in [0.2, 0.25) is 0 Å². The summed E-state index contributed by atoms with van der Waals surface area (Å²) in [6.45, 7) is 3.53. The Morgan fingerprint density at radius 3 is 2.81 bits per heavy atom. The van der Waals surface area contributed by atoms with Crippen molar-refractivity contribution >= 4 is 5.91 Å². The molecular formula is C14H19N5O2. The number of nitrogens with zero attached hydrogens (tertiary/aromatic N) is 5. The van der Waals surface area contributed by atoms with Crippen LogP contribution in [-0.2, 0) is 18.8 Å². The molecule has 0 bridgehead atoms. The van der Waals surface area contributed by atoms with Crippen LogP contribution < -0.4 is 0 Å². The van der Waals surface area contributed by atoms with E-state index in [0.29, 0.717) is 25.5 Å². The second-order valence-electron chi connectivity index (χ2n) is 5.32. The van der Waals surface area contributed by atoms with E-state index in [9.17, 15) is 4.79 Å². The molecule has 0 aliphatic carbocycles. The fourth-order valence-electron chi connectivity index (χ4n) is 2.64. The van der Waals surface area contributed by atoms with Gasteiger partial charge in [-0.05, 0) is 6.92 Å². The second-order valence-corrected chi connectivity index (χ2v) is 5.32. The van der Waals surface area contributed by atoms with Crippen molar-refractivity contribution in [3.05, 3.63) is 35.9 Å². The first-order valence-corrected chi connectivity index (χ1v) is 6.94. The van der Waals surface area contributed by atoms with E-state index >= 15 is 0 Å². The molecule has 3 rings (SSSR count). The van der Waals surface area contributed by atoms with Crippen LogP contribution in [0.2, 0.25) is 0 Å². The van der Waals surface area contributed by atoms with E-state index in [-0.39, 0.29) is 12.0 Å². The third-order valence-electron chi connectivity index (χ3n) is 3.69. The smallest absolute Gasteiger partial charge is 0.290 e. The van der Waals surface area contributed by atoms with E-state index in [2.05, 4.69) is 9.97 Å². The Hall–Kier alpha value is -2.15. The first-order chi connectivity index (χ1) is 10.1. The molecule has 2 aromatic rings. The molecule has 0 unspecified atom stereocenters. The molecule has 0 spiro atoms. The summed E-state index contributed by atoms with van der Waals surface area (Å²) in [5, 5.41) is 0. The molecule has 1 aliphatic rings. The van der Waals surface area contributed by atoms with Crippen LogP contribution in [0.5, 0.6) is 0 Å². The monoisotopic (exact) mass is 289 g/mol. The van der Waals surface area contributed by atoms with Crippen molar-refractivity contribution in [3.8, 4) is 0 Å². The Kier molecular flexibility index (Phi) is 3.50. The predicted molar refractivity (Wildman–Crippen MR) is 75.7 cm³/mol. The summed E-state index contributed by atoms with van der Waals surface area (Å²) in [6, 6.07) is 0. The lowest BCUT2D eigenvalue weighted by molar-refractivity contribution is -0.0284. The number of aromatic nitrogens is 4. The maximum atomic E-state index is 12.5. The SMILES string of the molecule is Cc1cn(C)c([C@H]2CN(C(=O)c3nccn3C)CCO2)n1. The zero-order valence-corrected chi connectivity index (χ0v) is 12.5. The highest BCUT2D eigenvalue weighted by Gasteiger charge is 2.30. The van der Waals surface area contributed by atoms with Gasteiger partial charge in [0.25, 0.3) is 5.91 Å². The maximum absolute atomic E-state index is 12.5. The second kappa shape index (κ2) is 5.33. The van der Waals surface area contributed by atoms with Gasteiger partial charge in [0, 0.05) is 39.2 Å². The Balaban J connectivity index is 1.79. The Morgan fingerprint density at radius 1 is 1.38 bits per heavy atom. The molecule has 112 valence electrons. The zero-order valence-electron chi connectivity index (χ0n) is 12.5. The lowest BCUT2D eigenvalue weighted by Crippen LogP contribution is -2.43. The van der Waals surface area contributed by atoms with Gasteiger partial charge in [-0.3, -0.25) is 4.79 Å². The standard InChI is InChI=1S/C14H19N5O2/c1-10-8-18(3)12(16-10)11-9-19(6-7-21-11)14(20)13-15-4-5-17(13)2/h4-5,8,11H,6-7,9H2,1-3H3/t11-/m1/s1. The molecule has 1 amide bonds. The van der Waals surface area contributed by atoms with Crippen LogP contribution in [0, 0.1) is 6.92 Å². The molecule has 1 saturated heterocycles. The van der Waals surface area contributed by atoms with Crippen molar-refractivity contribution in [3.63, 3.8) is 0 Å². The predicted octanol–water partition coefficient (Wildman–Crippen LogP) is 0.676. The van der Waals surface area contributed by atoms with E-state index in [4.69, 9.17) is 4.74 Å². The molecule has 1 fully saturated rings. The molecule has 3 heterocycles. The summed E-state index contributed by atoms with van der Waals surface area (Å²) < 4.78 is 9.47. The van der Waals surface area contributed by atoms with E-state index < -0.39 is 0 Å². The molecule has 2 aromatic heterocycles. The first kappa shape index (κ1) is 13.8. The summed E-state index contributed by atoms with van der Waals surface area (Å²) >= 11 is 0. The van der Waals surface area contributed by atoms with Crippen molar-refractivity contribution in [2.45, 2.75) is 13.0 Å². The summed E-state index contributed by atoms with van der Waals surface area (Å²) in [6.07, 6.45) is 5.17. The van der Waals surface area contributed by atoms with Crippen molar-refractivity contribution in [2.24, 2.45) is 14.1 Å². The van der Waals surface area contributed by atoms with E-state index in [1.807, 2.05) is 31.8 Å². The van der Waals surface area contributed by atoms with Gasteiger partial charge in [-0.25, -0.2) is 9.97 Å². The Morgan fingerprint density at radius 2 is 2.19 bits per heavy atom. The van der Waals surface area contributed by atoms with Crippen LogP contribution in [0.15, 0.2) is 18.6 Å². The molecule has 1 atom stereocenters. The van der Waals surface area contributed by atoms with Crippen LogP contribution in [0.3, 0.4) is 0 Å². The van der Waals surface area contributed by atoms with Crippen LogP contribution in [0.4, 0.5) is 0 Å². The number of morpholine rings is 1. The normalized spacial score (nSPS) is 19.0.